The fraction of sp³-hybridized carbons (Fsp3) is 0.290. The van der Waals surface area contributed by atoms with Crippen molar-refractivity contribution >= 4 is 28.7 Å². The molecule has 0 saturated carbocycles. The van der Waals surface area contributed by atoms with Crippen LogP contribution >= 0.6 is 12.2 Å². The Labute approximate surface area is 239 Å². The maximum Gasteiger partial charge on any atom is 0.231 e. The van der Waals surface area contributed by atoms with Crippen LogP contribution in [-0.4, -0.2) is 47.8 Å². The number of morpholine rings is 1. The Morgan fingerprint density at radius 1 is 0.875 bits per heavy atom. The molecule has 2 saturated heterocycles. The number of hydrogen-bond donors (Lipinski definition) is 1. The molecule has 0 unspecified atom stereocenters. The number of ether oxygens (including phenoxy) is 3. The van der Waals surface area contributed by atoms with Gasteiger partial charge < -0.3 is 33.9 Å². The van der Waals surface area contributed by atoms with Gasteiger partial charge in [0.1, 0.15) is 0 Å². The van der Waals surface area contributed by atoms with Crippen LogP contribution in [0.4, 0.5) is 11.4 Å². The van der Waals surface area contributed by atoms with Crippen molar-refractivity contribution in [1.82, 2.24) is 14.9 Å². The zero-order valence-corrected chi connectivity index (χ0v) is 23.4. The van der Waals surface area contributed by atoms with E-state index in [2.05, 4.69) is 69.9 Å². The summed E-state index contributed by atoms with van der Waals surface area (Å²) in [6, 6.07) is 22.9. The number of hydrogen-bond acceptors (Lipinski definition) is 6. The van der Waals surface area contributed by atoms with Gasteiger partial charge in [-0.05, 0) is 86.2 Å². The highest BCUT2D eigenvalue weighted by Gasteiger charge is 2.42. The molecule has 2 fully saturated rings. The molecular formula is C31H31N5O3S. The van der Waals surface area contributed by atoms with Gasteiger partial charge in [0, 0.05) is 53.8 Å². The fourth-order valence-electron chi connectivity index (χ4n) is 6.10. The second kappa shape index (κ2) is 10.1. The first-order valence-corrected chi connectivity index (χ1v) is 14.0. The third-order valence-corrected chi connectivity index (χ3v) is 8.32. The van der Waals surface area contributed by atoms with Crippen molar-refractivity contribution in [1.29, 1.82) is 0 Å². The Balaban J connectivity index is 1.30. The minimum absolute atomic E-state index is 0.115. The minimum Gasteiger partial charge on any atom is -0.454 e. The standard InChI is InChI=1S/C31H31N5O3S/c1-20-17-25(21(2)35(20)23-8-6-22(7-9-23)34-13-15-37-16-14-34)30-29(26-5-3-4-12-32-26)33-31(40)36(30)24-10-11-27-28(18-24)39-19-38-27/h3-12,17-18,29-30H,13-16,19H2,1-2H3,(H,33,40)/t29-,30-/m1/s1. The molecule has 3 aliphatic heterocycles. The average molecular weight is 554 g/mol. The van der Waals surface area contributed by atoms with Gasteiger partial charge in [-0.15, -0.1) is 0 Å². The summed E-state index contributed by atoms with van der Waals surface area (Å²) in [4.78, 5) is 9.27. The molecule has 7 rings (SSSR count). The van der Waals surface area contributed by atoms with E-state index < -0.39 is 0 Å². The zero-order chi connectivity index (χ0) is 27.2. The fourth-order valence-corrected chi connectivity index (χ4v) is 6.45. The molecule has 2 atom stereocenters. The summed E-state index contributed by atoms with van der Waals surface area (Å²) in [7, 11) is 0. The molecule has 0 bridgehead atoms. The summed E-state index contributed by atoms with van der Waals surface area (Å²) in [6.07, 6.45) is 1.83. The maximum absolute atomic E-state index is 5.95. The normalized spacial score (nSPS) is 20.2. The third kappa shape index (κ3) is 4.26. The summed E-state index contributed by atoms with van der Waals surface area (Å²) in [6.45, 7) is 7.97. The van der Waals surface area contributed by atoms with Crippen LogP contribution in [0.3, 0.4) is 0 Å². The van der Waals surface area contributed by atoms with Gasteiger partial charge >= 0.3 is 0 Å². The first-order valence-electron chi connectivity index (χ1n) is 13.6. The number of fused-ring (bicyclic) bond motifs is 1. The lowest BCUT2D eigenvalue weighted by atomic mass is 9.96. The molecule has 9 heteroatoms. The number of benzene rings is 2. The first-order chi connectivity index (χ1) is 19.6. The van der Waals surface area contributed by atoms with Gasteiger partial charge in [0.2, 0.25) is 6.79 Å². The molecule has 204 valence electrons. The van der Waals surface area contributed by atoms with E-state index in [4.69, 9.17) is 31.4 Å². The number of nitrogens with zero attached hydrogens (tertiary/aromatic N) is 4. The molecule has 0 amide bonds. The Bertz CT molecular complexity index is 1550. The molecule has 0 radical (unpaired) electrons. The van der Waals surface area contributed by atoms with E-state index in [1.165, 1.54) is 16.9 Å². The number of nitrogens with one attached hydrogen (secondary N) is 1. The van der Waals surface area contributed by atoms with Crippen LogP contribution in [0, 0.1) is 13.8 Å². The lowest BCUT2D eigenvalue weighted by Gasteiger charge is -2.29. The molecule has 0 spiro atoms. The highest BCUT2D eigenvalue weighted by atomic mass is 32.1. The largest absolute Gasteiger partial charge is 0.454 e. The number of aromatic nitrogens is 2. The maximum atomic E-state index is 5.95. The van der Waals surface area contributed by atoms with Crippen LogP contribution in [0.1, 0.15) is 34.7 Å². The number of thiocarbonyl (C=S) groups is 1. The van der Waals surface area contributed by atoms with Crippen molar-refractivity contribution in [3.05, 3.63) is 95.6 Å². The Morgan fingerprint density at radius 2 is 1.62 bits per heavy atom. The van der Waals surface area contributed by atoms with E-state index in [0.717, 1.165) is 60.6 Å². The highest BCUT2D eigenvalue weighted by Crippen LogP contribution is 2.46. The second-order valence-corrected chi connectivity index (χ2v) is 10.7. The molecule has 2 aromatic heterocycles. The van der Waals surface area contributed by atoms with Crippen LogP contribution in [0.25, 0.3) is 5.69 Å². The summed E-state index contributed by atoms with van der Waals surface area (Å²) < 4.78 is 19.1. The zero-order valence-electron chi connectivity index (χ0n) is 22.5. The summed E-state index contributed by atoms with van der Waals surface area (Å²) in [5, 5.41) is 4.22. The van der Waals surface area contributed by atoms with Gasteiger partial charge in [-0.1, -0.05) is 6.07 Å². The van der Waals surface area contributed by atoms with E-state index in [-0.39, 0.29) is 18.9 Å². The molecule has 8 nitrogen and oxygen atoms in total. The van der Waals surface area contributed by atoms with Crippen LogP contribution < -0.4 is 24.6 Å². The van der Waals surface area contributed by atoms with Crippen molar-refractivity contribution in [2.75, 3.05) is 42.9 Å². The molecule has 1 N–H and O–H groups in total. The SMILES string of the molecule is Cc1cc([C@@H]2[C@@H](c3ccccn3)NC(=S)N2c2ccc3c(c2)OCO3)c(C)n1-c1ccc(N2CCOCC2)cc1. The minimum atomic E-state index is -0.128. The number of anilines is 2. The summed E-state index contributed by atoms with van der Waals surface area (Å²) in [5.41, 5.74) is 7.77. The predicted molar refractivity (Wildman–Crippen MR) is 159 cm³/mol. The lowest BCUT2D eigenvalue weighted by molar-refractivity contribution is 0.122. The molecule has 2 aromatic carbocycles. The van der Waals surface area contributed by atoms with Gasteiger partial charge in [0.25, 0.3) is 0 Å². The highest BCUT2D eigenvalue weighted by molar-refractivity contribution is 7.80. The smallest absolute Gasteiger partial charge is 0.231 e. The van der Waals surface area contributed by atoms with Crippen molar-refractivity contribution in [2.24, 2.45) is 0 Å². The van der Waals surface area contributed by atoms with Crippen molar-refractivity contribution < 1.29 is 14.2 Å². The van der Waals surface area contributed by atoms with Gasteiger partial charge in [-0.2, -0.15) is 0 Å². The van der Waals surface area contributed by atoms with Crippen LogP contribution in [0.5, 0.6) is 11.5 Å². The Morgan fingerprint density at radius 3 is 2.40 bits per heavy atom. The predicted octanol–water partition coefficient (Wildman–Crippen LogP) is 5.23. The molecule has 4 aromatic rings. The van der Waals surface area contributed by atoms with E-state index in [0.29, 0.717) is 5.11 Å². The van der Waals surface area contributed by atoms with E-state index in [1.54, 1.807) is 0 Å². The molecule has 0 aliphatic carbocycles. The molecule has 5 heterocycles. The van der Waals surface area contributed by atoms with Crippen molar-refractivity contribution in [3.63, 3.8) is 0 Å². The van der Waals surface area contributed by atoms with E-state index in [9.17, 15) is 0 Å². The van der Waals surface area contributed by atoms with Gasteiger partial charge in [-0.3, -0.25) is 4.98 Å². The monoisotopic (exact) mass is 553 g/mol. The topological polar surface area (TPSA) is 64.0 Å². The first kappa shape index (κ1) is 24.9. The Kier molecular flexibility index (Phi) is 6.32. The van der Waals surface area contributed by atoms with Gasteiger partial charge in [0.15, 0.2) is 16.6 Å². The van der Waals surface area contributed by atoms with Crippen LogP contribution in [0.2, 0.25) is 0 Å². The number of pyridine rings is 1. The van der Waals surface area contributed by atoms with Crippen LogP contribution in [-0.2, 0) is 4.74 Å². The lowest BCUT2D eigenvalue weighted by Crippen LogP contribution is -2.36. The molecular weight excluding hydrogens is 522 g/mol. The van der Waals surface area contributed by atoms with Crippen LogP contribution in [0.15, 0.2) is 72.9 Å². The quantitative estimate of drug-likeness (QED) is 0.337. The second-order valence-electron chi connectivity index (χ2n) is 10.3. The molecule has 3 aliphatic rings. The van der Waals surface area contributed by atoms with Crippen molar-refractivity contribution in [3.8, 4) is 17.2 Å². The summed E-state index contributed by atoms with van der Waals surface area (Å²) in [5.74, 6) is 1.48. The number of aryl methyl sites for hydroxylation is 1. The van der Waals surface area contributed by atoms with Crippen molar-refractivity contribution in [2.45, 2.75) is 25.9 Å². The van der Waals surface area contributed by atoms with E-state index in [1.807, 2.05) is 36.5 Å². The molecule has 40 heavy (non-hydrogen) atoms. The number of rotatable bonds is 5. The summed E-state index contributed by atoms with van der Waals surface area (Å²) >= 11 is 5.95. The third-order valence-electron chi connectivity index (χ3n) is 8.01. The van der Waals surface area contributed by atoms with Gasteiger partial charge in [-0.25, -0.2) is 0 Å². The van der Waals surface area contributed by atoms with Gasteiger partial charge in [0.05, 0.1) is 31.0 Å². The Hall–Kier alpha value is -4.08. The average Bonchev–Trinajstić information content (AvgIpc) is 3.68. The van der Waals surface area contributed by atoms with E-state index >= 15 is 0 Å².